The van der Waals surface area contributed by atoms with E-state index in [2.05, 4.69) is 0 Å². The van der Waals surface area contributed by atoms with Crippen molar-refractivity contribution in [1.82, 2.24) is 4.90 Å². The van der Waals surface area contributed by atoms with Gasteiger partial charge in [-0.25, -0.2) is 0 Å². The minimum absolute atomic E-state index is 0.0806. The summed E-state index contributed by atoms with van der Waals surface area (Å²) in [6.45, 7) is 3.57. The van der Waals surface area contributed by atoms with Gasteiger partial charge in [0.25, 0.3) is 0 Å². The van der Waals surface area contributed by atoms with Crippen LogP contribution in [0.2, 0.25) is 0 Å². The van der Waals surface area contributed by atoms with Crippen molar-refractivity contribution < 1.29 is 14.3 Å². The Hall–Kier alpha value is -1.81. The average Bonchev–Trinajstić information content (AvgIpc) is 2.75. The van der Waals surface area contributed by atoms with Crippen LogP contribution in [0.5, 0.6) is 0 Å². The molecule has 0 spiro atoms. The Bertz CT molecular complexity index is 533. The topological polar surface area (TPSA) is 53.7 Å². The average molecular weight is 247 g/mol. The molecule has 1 N–H and O–H groups in total. The standard InChI is InChI=1S/C14H17NO3/c1-2-6-15(10-14(16)17)9-11-3-4-13-12(8-11)5-7-18-13/h3-5,7-8H,2,6,9-10H2,1H3,(H,16,17). The molecule has 1 aromatic carbocycles. The quantitative estimate of drug-likeness (QED) is 0.852. The van der Waals surface area contributed by atoms with E-state index in [0.717, 1.165) is 29.5 Å². The molecule has 2 rings (SSSR count). The highest BCUT2D eigenvalue weighted by Crippen LogP contribution is 2.18. The lowest BCUT2D eigenvalue weighted by Gasteiger charge is -2.19. The van der Waals surface area contributed by atoms with Crippen LogP contribution in [0.15, 0.2) is 34.9 Å². The molecule has 0 aliphatic heterocycles. The second-order valence-electron chi connectivity index (χ2n) is 4.40. The molecule has 0 unspecified atom stereocenters. The molecule has 0 atom stereocenters. The highest BCUT2D eigenvalue weighted by molar-refractivity contribution is 5.77. The SMILES string of the molecule is CCCN(CC(=O)O)Cc1ccc2occc2c1. The molecule has 4 nitrogen and oxygen atoms in total. The predicted octanol–water partition coefficient (Wildman–Crippen LogP) is 2.73. The Kier molecular flexibility index (Phi) is 3.99. The number of carboxylic acid groups (broad SMARTS) is 1. The van der Waals surface area contributed by atoms with Crippen molar-refractivity contribution in [3.8, 4) is 0 Å². The van der Waals surface area contributed by atoms with Gasteiger partial charge in [-0.3, -0.25) is 9.69 Å². The van der Waals surface area contributed by atoms with Crippen molar-refractivity contribution in [2.45, 2.75) is 19.9 Å². The van der Waals surface area contributed by atoms with Crippen molar-refractivity contribution in [2.75, 3.05) is 13.1 Å². The maximum atomic E-state index is 10.8. The number of furan rings is 1. The molecule has 1 aromatic heterocycles. The normalized spacial score (nSPS) is 11.2. The maximum absolute atomic E-state index is 10.8. The van der Waals surface area contributed by atoms with E-state index in [1.54, 1.807) is 6.26 Å². The number of fused-ring (bicyclic) bond motifs is 1. The Labute approximate surface area is 106 Å². The van der Waals surface area contributed by atoms with Crippen molar-refractivity contribution in [2.24, 2.45) is 0 Å². The summed E-state index contributed by atoms with van der Waals surface area (Å²) in [7, 11) is 0. The van der Waals surface area contributed by atoms with Crippen LogP contribution >= 0.6 is 0 Å². The van der Waals surface area contributed by atoms with E-state index in [4.69, 9.17) is 9.52 Å². The summed E-state index contributed by atoms with van der Waals surface area (Å²) >= 11 is 0. The molecule has 0 amide bonds. The molecule has 0 saturated heterocycles. The van der Waals surface area contributed by atoms with Crippen LogP contribution in [0.25, 0.3) is 11.0 Å². The van der Waals surface area contributed by atoms with Gasteiger partial charge >= 0.3 is 5.97 Å². The highest BCUT2D eigenvalue weighted by atomic mass is 16.4. The van der Waals surface area contributed by atoms with Gasteiger partial charge in [0.05, 0.1) is 12.8 Å². The van der Waals surface area contributed by atoms with Gasteiger partial charge in [0.15, 0.2) is 0 Å². The fourth-order valence-electron chi connectivity index (χ4n) is 2.09. The monoisotopic (exact) mass is 247 g/mol. The minimum Gasteiger partial charge on any atom is -0.480 e. The lowest BCUT2D eigenvalue weighted by atomic mass is 10.1. The summed E-state index contributed by atoms with van der Waals surface area (Å²) < 4.78 is 5.28. The van der Waals surface area contributed by atoms with Crippen molar-refractivity contribution >= 4 is 16.9 Å². The summed E-state index contributed by atoms with van der Waals surface area (Å²) in [4.78, 5) is 12.7. The number of hydrogen-bond acceptors (Lipinski definition) is 3. The summed E-state index contributed by atoms with van der Waals surface area (Å²) in [6, 6.07) is 7.87. The molecular weight excluding hydrogens is 230 g/mol. The number of carbonyl (C=O) groups is 1. The van der Waals surface area contributed by atoms with Gasteiger partial charge in [-0.15, -0.1) is 0 Å². The van der Waals surface area contributed by atoms with Crippen molar-refractivity contribution in [3.05, 3.63) is 36.1 Å². The molecule has 0 fully saturated rings. The lowest BCUT2D eigenvalue weighted by Crippen LogP contribution is -2.30. The van der Waals surface area contributed by atoms with Crippen LogP contribution in [0, 0.1) is 0 Å². The Balaban J connectivity index is 2.11. The molecule has 0 radical (unpaired) electrons. The maximum Gasteiger partial charge on any atom is 0.317 e. The predicted molar refractivity (Wildman–Crippen MR) is 69.4 cm³/mol. The first-order valence-electron chi connectivity index (χ1n) is 6.09. The van der Waals surface area contributed by atoms with Gasteiger partial charge in [-0.05, 0) is 36.7 Å². The van der Waals surface area contributed by atoms with E-state index in [-0.39, 0.29) is 6.54 Å². The van der Waals surface area contributed by atoms with Gasteiger partial charge in [0, 0.05) is 11.9 Å². The third kappa shape index (κ3) is 3.11. The zero-order chi connectivity index (χ0) is 13.0. The van der Waals surface area contributed by atoms with E-state index in [1.165, 1.54) is 0 Å². The molecule has 1 heterocycles. The third-order valence-corrected chi connectivity index (χ3v) is 2.82. The Morgan fingerprint density at radius 1 is 1.39 bits per heavy atom. The zero-order valence-corrected chi connectivity index (χ0v) is 10.4. The smallest absolute Gasteiger partial charge is 0.317 e. The molecule has 4 heteroatoms. The van der Waals surface area contributed by atoms with E-state index in [1.807, 2.05) is 36.1 Å². The molecule has 0 aliphatic rings. The highest BCUT2D eigenvalue weighted by Gasteiger charge is 2.10. The number of carboxylic acids is 1. The summed E-state index contributed by atoms with van der Waals surface area (Å²) in [5.41, 5.74) is 1.97. The minimum atomic E-state index is -0.784. The number of rotatable bonds is 6. The van der Waals surface area contributed by atoms with Gasteiger partial charge in [0.2, 0.25) is 0 Å². The van der Waals surface area contributed by atoms with Crippen LogP contribution < -0.4 is 0 Å². The van der Waals surface area contributed by atoms with E-state index < -0.39 is 5.97 Å². The van der Waals surface area contributed by atoms with Crippen molar-refractivity contribution in [3.63, 3.8) is 0 Å². The zero-order valence-electron chi connectivity index (χ0n) is 10.4. The fraction of sp³-hybridized carbons (Fsp3) is 0.357. The van der Waals surface area contributed by atoms with E-state index in [9.17, 15) is 4.79 Å². The summed E-state index contributed by atoms with van der Waals surface area (Å²) in [6.07, 6.45) is 2.61. The lowest BCUT2D eigenvalue weighted by molar-refractivity contribution is -0.138. The summed E-state index contributed by atoms with van der Waals surface area (Å²) in [5.74, 6) is -0.784. The first-order valence-corrected chi connectivity index (χ1v) is 6.09. The fourth-order valence-corrected chi connectivity index (χ4v) is 2.09. The summed E-state index contributed by atoms with van der Waals surface area (Å²) in [5, 5.41) is 9.93. The van der Waals surface area contributed by atoms with Crippen LogP contribution in [-0.4, -0.2) is 29.1 Å². The van der Waals surface area contributed by atoms with E-state index in [0.29, 0.717) is 6.54 Å². The van der Waals surface area contributed by atoms with Crippen LogP contribution in [0.3, 0.4) is 0 Å². The molecule has 0 bridgehead atoms. The first kappa shape index (κ1) is 12.6. The Morgan fingerprint density at radius 3 is 2.94 bits per heavy atom. The second kappa shape index (κ2) is 5.69. The van der Waals surface area contributed by atoms with Crippen LogP contribution in [0.4, 0.5) is 0 Å². The Morgan fingerprint density at radius 2 is 2.22 bits per heavy atom. The van der Waals surface area contributed by atoms with Gasteiger partial charge in [-0.1, -0.05) is 13.0 Å². The third-order valence-electron chi connectivity index (χ3n) is 2.82. The first-order chi connectivity index (χ1) is 8.69. The number of aliphatic carboxylic acids is 1. The van der Waals surface area contributed by atoms with Crippen LogP contribution in [0.1, 0.15) is 18.9 Å². The molecule has 96 valence electrons. The molecule has 2 aromatic rings. The largest absolute Gasteiger partial charge is 0.480 e. The van der Waals surface area contributed by atoms with Gasteiger partial charge in [0.1, 0.15) is 5.58 Å². The molecule has 0 aliphatic carbocycles. The number of benzene rings is 1. The van der Waals surface area contributed by atoms with Gasteiger partial charge in [-0.2, -0.15) is 0 Å². The molecular formula is C14H17NO3. The molecule has 18 heavy (non-hydrogen) atoms. The van der Waals surface area contributed by atoms with E-state index >= 15 is 0 Å². The molecule has 0 saturated carbocycles. The van der Waals surface area contributed by atoms with Crippen LogP contribution in [-0.2, 0) is 11.3 Å². The van der Waals surface area contributed by atoms with Crippen molar-refractivity contribution in [1.29, 1.82) is 0 Å². The second-order valence-corrected chi connectivity index (χ2v) is 4.40. The van der Waals surface area contributed by atoms with Gasteiger partial charge < -0.3 is 9.52 Å². The number of nitrogens with zero attached hydrogens (tertiary/aromatic N) is 1. The number of hydrogen-bond donors (Lipinski definition) is 1.